The van der Waals surface area contributed by atoms with E-state index in [2.05, 4.69) is 33.7 Å². The molecule has 106 valence electrons. The lowest BCUT2D eigenvalue weighted by Gasteiger charge is -2.24. The maximum atomic E-state index is 4.75. The van der Waals surface area contributed by atoms with Crippen molar-refractivity contribution in [3.8, 4) is 11.4 Å². The smallest absolute Gasteiger partial charge is 0.162 e. The summed E-state index contributed by atoms with van der Waals surface area (Å²) in [6.07, 6.45) is 7.05. The van der Waals surface area contributed by atoms with E-state index in [-0.39, 0.29) is 0 Å². The van der Waals surface area contributed by atoms with Gasteiger partial charge < -0.3 is 4.90 Å². The third kappa shape index (κ3) is 2.54. The minimum absolute atomic E-state index is 0.349. The van der Waals surface area contributed by atoms with Crippen molar-refractivity contribution < 1.29 is 0 Å². The minimum atomic E-state index is 0.349. The third-order valence-corrected chi connectivity index (χ3v) is 3.53. The average Bonchev–Trinajstić information content (AvgIpc) is 2.54. The van der Waals surface area contributed by atoms with Crippen molar-refractivity contribution in [1.82, 2.24) is 19.9 Å². The SMILES string of the molecule is CC(C)N(C)c1nc(-c2ccncc2)nc2cnccc12. The predicted molar refractivity (Wildman–Crippen MR) is 84.1 cm³/mol. The molecule has 0 saturated carbocycles. The van der Waals surface area contributed by atoms with Crippen LogP contribution in [0.5, 0.6) is 0 Å². The zero-order valence-corrected chi connectivity index (χ0v) is 12.4. The van der Waals surface area contributed by atoms with Crippen molar-refractivity contribution in [3.05, 3.63) is 43.0 Å². The molecule has 3 rings (SSSR count). The Labute approximate surface area is 123 Å². The van der Waals surface area contributed by atoms with Gasteiger partial charge in [-0.05, 0) is 32.0 Å². The molecule has 5 nitrogen and oxygen atoms in total. The van der Waals surface area contributed by atoms with Crippen LogP contribution in [0.25, 0.3) is 22.3 Å². The topological polar surface area (TPSA) is 54.8 Å². The zero-order valence-electron chi connectivity index (χ0n) is 12.4. The van der Waals surface area contributed by atoms with E-state index in [1.807, 2.05) is 25.2 Å². The van der Waals surface area contributed by atoms with Crippen LogP contribution in [0.3, 0.4) is 0 Å². The summed E-state index contributed by atoms with van der Waals surface area (Å²) in [5, 5.41) is 1.01. The summed E-state index contributed by atoms with van der Waals surface area (Å²) in [4.78, 5) is 19.7. The molecule has 0 unspecified atom stereocenters. The maximum absolute atomic E-state index is 4.75. The summed E-state index contributed by atoms with van der Waals surface area (Å²) >= 11 is 0. The van der Waals surface area contributed by atoms with Crippen LogP contribution in [0.4, 0.5) is 5.82 Å². The Morgan fingerprint density at radius 1 is 0.952 bits per heavy atom. The number of anilines is 1. The van der Waals surface area contributed by atoms with Gasteiger partial charge >= 0.3 is 0 Å². The molecular weight excluding hydrogens is 262 g/mol. The lowest BCUT2D eigenvalue weighted by atomic mass is 10.2. The Morgan fingerprint density at radius 3 is 2.38 bits per heavy atom. The Hall–Kier alpha value is -2.56. The summed E-state index contributed by atoms with van der Waals surface area (Å²) in [5.41, 5.74) is 1.80. The van der Waals surface area contributed by atoms with Gasteiger partial charge in [0.1, 0.15) is 5.82 Å². The second-order valence-corrected chi connectivity index (χ2v) is 5.20. The van der Waals surface area contributed by atoms with Gasteiger partial charge in [-0.3, -0.25) is 9.97 Å². The highest BCUT2D eigenvalue weighted by Gasteiger charge is 2.14. The average molecular weight is 279 g/mol. The first-order chi connectivity index (χ1) is 10.2. The zero-order chi connectivity index (χ0) is 14.8. The van der Waals surface area contributed by atoms with Gasteiger partial charge in [-0.1, -0.05) is 0 Å². The summed E-state index contributed by atoms with van der Waals surface area (Å²) in [5.74, 6) is 1.62. The molecule has 21 heavy (non-hydrogen) atoms. The monoisotopic (exact) mass is 279 g/mol. The molecule has 0 spiro atoms. The molecule has 0 aromatic carbocycles. The molecule has 0 amide bonds. The standard InChI is InChI=1S/C16H17N5/c1-11(2)21(3)16-13-6-9-18-10-14(13)19-15(20-16)12-4-7-17-8-5-12/h4-11H,1-3H3. The fraction of sp³-hybridized carbons (Fsp3) is 0.250. The van der Waals surface area contributed by atoms with Crippen molar-refractivity contribution >= 4 is 16.7 Å². The van der Waals surface area contributed by atoms with Gasteiger partial charge in [0.25, 0.3) is 0 Å². The second-order valence-electron chi connectivity index (χ2n) is 5.20. The predicted octanol–water partition coefficient (Wildman–Crippen LogP) is 2.93. The third-order valence-electron chi connectivity index (χ3n) is 3.53. The van der Waals surface area contributed by atoms with Gasteiger partial charge in [0.15, 0.2) is 5.82 Å². The number of rotatable bonds is 3. The van der Waals surface area contributed by atoms with Gasteiger partial charge in [-0.15, -0.1) is 0 Å². The Balaban J connectivity index is 2.25. The van der Waals surface area contributed by atoms with E-state index < -0.39 is 0 Å². The lowest BCUT2D eigenvalue weighted by molar-refractivity contribution is 0.746. The summed E-state index contributed by atoms with van der Waals surface area (Å²) < 4.78 is 0. The molecule has 3 heterocycles. The Kier molecular flexibility index (Phi) is 3.48. The molecule has 0 aliphatic carbocycles. The first-order valence-corrected chi connectivity index (χ1v) is 6.92. The fourth-order valence-corrected chi connectivity index (χ4v) is 2.11. The number of hydrogen-bond donors (Lipinski definition) is 0. The Bertz CT molecular complexity index is 755. The molecule has 3 aromatic heterocycles. The highest BCUT2D eigenvalue weighted by atomic mass is 15.2. The molecule has 0 aliphatic heterocycles. The molecule has 0 aliphatic rings. The summed E-state index contributed by atoms with van der Waals surface area (Å²) in [6, 6.07) is 6.13. The number of hydrogen-bond acceptors (Lipinski definition) is 5. The normalized spacial score (nSPS) is 11.0. The second kappa shape index (κ2) is 5.44. The van der Waals surface area contributed by atoms with E-state index in [0.29, 0.717) is 11.9 Å². The largest absolute Gasteiger partial charge is 0.357 e. The number of fused-ring (bicyclic) bond motifs is 1. The van der Waals surface area contributed by atoms with E-state index in [9.17, 15) is 0 Å². The van der Waals surface area contributed by atoms with Crippen LogP contribution >= 0.6 is 0 Å². The van der Waals surface area contributed by atoms with Crippen LogP contribution in [-0.4, -0.2) is 33.0 Å². The van der Waals surface area contributed by atoms with E-state index in [1.54, 1.807) is 24.8 Å². The molecule has 0 radical (unpaired) electrons. The van der Waals surface area contributed by atoms with Gasteiger partial charge in [-0.25, -0.2) is 9.97 Å². The van der Waals surface area contributed by atoms with Crippen molar-refractivity contribution in [2.24, 2.45) is 0 Å². The van der Waals surface area contributed by atoms with Crippen LogP contribution in [0, 0.1) is 0 Å². The Morgan fingerprint density at radius 2 is 1.67 bits per heavy atom. The summed E-state index contributed by atoms with van der Waals surface area (Å²) in [6.45, 7) is 4.28. The molecule has 0 bridgehead atoms. The van der Waals surface area contributed by atoms with Crippen LogP contribution in [-0.2, 0) is 0 Å². The molecule has 5 heteroatoms. The highest BCUT2D eigenvalue weighted by Crippen LogP contribution is 2.27. The molecule has 3 aromatic rings. The maximum Gasteiger partial charge on any atom is 0.162 e. The quantitative estimate of drug-likeness (QED) is 0.738. The van der Waals surface area contributed by atoms with Crippen molar-refractivity contribution in [3.63, 3.8) is 0 Å². The summed E-state index contributed by atoms with van der Waals surface area (Å²) in [7, 11) is 2.04. The van der Waals surface area contributed by atoms with Crippen LogP contribution < -0.4 is 4.90 Å². The molecule has 0 fully saturated rings. The minimum Gasteiger partial charge on any atom is -0.357 e. The van der Waals surface area contributed by atoms with Crippen LogP contribution in [0.1, 0.15) is 13.8 Å². The van der Waals surface area contributed by atoms with Gasteiger partial charge in [-0.2, -0.15) is 0 Å². The number of aromatic nitrogens is 4. The van der Waals surface area contributed by atoms with E-state index in [1.165, 1.54) is 0 Å². The van der Waals surface area contributed by atoms with E-state index in [0.717, 1.165) is 22.3 Å². The van der Waals surface area contributed by atoms with Crippen molar-refractivity contribution in [2.45, 2.75) is 19.9 Å². The van der Waals surface area contributed by atoms with Crippen LogP contribution in [0.15, 0.2) is 43.0 Å². The van der Waals surface area contributed by atoms with E-state index >= 15 is 0 Å². The number of nitrogens with zero attached hydrogens (tertiary/aromatic N) is 5. The molecule has 0 saturated heterocycles. The number of pyridine rings is 2. The van der Waals surface area contributed by atoms with Crippen LogP contribution in [0.2, 0.25) is 0 Å². The van der Waals surface area contributed by atoms with Gasteiger partial charge in [0.05, 0.1) is 11.7 Å². The highest BCUT2D eigenvalue weighted by molar-refractivity contribution is 5.90. The van der Waals surface area contributed by atoms with Gasteiger partial charge in [0, 0.05) is 42.6 Å². The lowest BCUT2D eigenvalue weighted by Crippen LogP contribution is -2.27. The van der Waals surface area contributed by atoms with Crippen molar-refractivity contribution in [1.29, 1.82) is 0 Å². The molecular formula is C16H17N5. The van der Waals surface area contributed by atoms with Gasteiger partial charge in [0.2, 0.25) is 0 Å². The molecule has 0 N–H and O–H groups in total. The van der Waals surface area contributed by atoms with E-state index in [4.69, 9.17) is 4.98 Å². The first kappa shape index (κ1) is 13.4. The fourth-order valence-electron chi connectivity index (χ4n) is 2.11. The molecule has 0 atom stereocenters. The first-order valence-electron chi connectivity index (χ1n) is 6.92. The van der Waals surface area contributed by atoms with Crippen molar-refractivity contribution in [2.75, 3.05) is 11.9 Å².